The number of benzene rings is 8. The molecular weight excluding hydrogens is 581 g/mol. The molecular formula is C47H32O. The molecule has 48 heavy (non-hydrogen) atoms. The van der Waals surface area contributed by atoms with E-state index in [9.17, 15) is 13.7 Å². The Morgan fingerprint density at radius 2 is 1.00 bits per heavy atom. The van der Waals surface area contributed by atoms with E-state index in [1.807, 2.05) is 0 Å². The lowest BCUT2D eigenvalue weighted by molar-refractivity contribution is 0.662. The summed E-state index contributed by atoms with van der Waals surface area (Å²) in [6.45, 7) is -7.72. The van der Waals surface area contributed by atoms with E-state index in [1.54, 1.807) is 0 Å². The number of hydrogen-bond donors (Lipinski definition) is 0. The van der Waals surface area contributed by atoms with Crippen LogP contribution in [-0.2, 0) is 5.41 Å². The van der Waals surface area contributed by atoms with Crippen molar-refractivity contribution in [1.82, 2.24) is 0 Å². The largest absolute Gasteiger partial charge is 0.456 e. The molecule has 0 N–H and O–H groups in total. The molecule has 0 aliphatic heterocycles. The number of fused-ring (bicyclic) bond motifs is 8. The molecule has 0 bridgehead atoms. The van der Waals surface area contributed by atoms with Crippen molar-refractivity contribution in [2.75, 3.05) is 0 Å². The minimum atomic E-state index is -3.86. The topological polar surface area (TPSA) is 13.1 Å². The van der Waals surface area contributed by atoms with Crippen molar-refractivity contribution in [1.29, 1.82) is 0 Å². The average Bonchev–Trinajstić information content (AvgIpc) is 2.46. The predicted octanol–water partition coefficient (Wildman–Crippen LogP) is 13.2. The summed E-state index contributed by atoms with van der Waals surface area (Å²) in [7, 11) is 0. The van der Waals surface area contributed by atoms with Gasteiger partial charge in [0, 0.05) is 24.4 Å². The van der Waals surface area contributed by atoms with Gasteiger partial charge in [-0.1, -0.05) is 153 Å². The van der Waals surface area contributed by atoms with Gasteiger partial charge >= 0.3 is 0 Å². The van der Waals surface area contributed by atoms with Gasteiger partial charge in [-0.05, 0) is 95.3 Å². The highest BCUT2D eigenvalue weighted by molar-refractivity contribution is 6.22. The molecule has 0 fully saturated rings. The van der Waals surface area contributed by atoms with Gasteiger partial charge in [-0.15, -0.1) is 0 Å². The van der Waals surface area contributed by atoms with Gasteiger partial charge in [-0.25, -0.2) is 0 Å². The molecule has 0 unspecified atom stereocenters. The highest BCUT2D eigenvalue weighted by atomic mass is 16.3. The van der Waals surface area contributed by atoms with Gasteiger partial charge in [-0.2, -0.15) is 0 Å². The van der Waals surface area contributed by atoms with Gasteiger partial charge in [0.05, 0.1) is 34.3 Å². The van der Waals surface area contributed by atoms with Gasteiger partial charge in [-0.3, -0.25) is 0 Å². The molecule has 9 aromatic rings. The first-order valence-corrected chi connectivity index (χ1v) is 14.2. The van der Waals surface area contributed by atoms with Crippen LogP contribution in [0.2, 0.25) is 0 Å². The van der Waals surface area contributed by atoms with E-state index in [0.717, 1.165) is 0 Å². The van der Waals surface area contributed by atoms with Gasteiger partial charge < -0.3 is 4.42 Å². The number of hydrogen-bond acceptors (Lipinski definition) is 1. The van der Waals surface area contributed by atoms with Crippen LogP contribution in [0.15, 0.2) is 162 Å². The number of rotatable bonds is 3. The second-order valence-corrected chi connectivity index (χ2v) is 10.8. The zero-order valence-electron chi connectivity index (χ0n) is 55.0. The molecule has 0 amide bonds. The van der Waals surface area contributed by atoms with Gasteiger partial charge in [0.2, 0.25) is 0 Å². The Kier molecular flexibility index (Phi) is 2.20. The van der Waals surface area contributed by atoms with Crippen molar-refractivity contribution in [3.05, 3.63) is 168 Å². The maximum Gasteiger partial charge on any atom is 0.135 e. The van der Waals surface area contributed by atoms with Crippen molar-refractivity contribution in [3.8, 4) is 44.5 Å². The molecule has 10 rings (SSSR count). The van der Waals surface area contributed by atoms with Crippen LogP contribution in [-0.4, -0.2) is 0 Å². The van der Waals surface area contributed by atoms with E-state index in [-0.39, 0.29) is 0 Å². The summed E-state index contributed by atoms with van der Waals surface area (Å²) in [5.41, 5.74) is -13.5. The summed E-state index contributed by atoms with van der Waals surface area (Å²) in [6, 6.07) is -24.4. The van der Waals surface area contributed by atoms with Crippen molar-refractivity contribution >= 4 is 43.5 Å². The third-order valence-corrected chi connectivity index (χ3v) is 8.28. The van der Waals surface area contributed by atoms with Crippen molar-refractivity contribution in [3.63, 3.8) is 0 Å². The van der Waals surface area contributed by atoms with Crippen LogP contribution in [0, 0.1) is 0 Å². The Morgan fingerprint density at radius 1 is 0.458 bits per heavy atom. The summed E-state index contributed by atoms with van der Waals surface area (Å²) in [6.07, 6.45) is 0. The van der Waals surface area contributed by atoms with E-state index in [1.165, 1.54) is 0 Å². The summed E-state index contributed by atoms with van der Waals surface area (Å²) < 4.78 is 286. The lowest BCUT2D eigenvalue weighted by Gasteiger charge is -2.24. The fourth-order valence-electron chi connectivity index (χ4n) is 6.26. The maximum atomic E-state index is 9.73. The summed E-state index contributed by atoms with van der Waals surface area (Å²) in [5, 5.41) is -4.16. The molecule has 1 heterocycles. The maximum absolute atomic E-state index is 9.73. The molecule has 0 radical (unpaired) electrons. The van der Waals surface area contributed by atoms with Gasteiger partial charge in [0.1, 0.15) is 11.2 Å². The fourth-order valence-corrected chi connectivity index (χ4v) is 6.26. The van der Waals surface area contributed by atoms with Crippen LogP contribution in [0.3, 0.4) is 0 Å². The third kappa shape index (κ3) is 3.79. The van der Waals surface area contributed by atoms with Crippen LogP contribution in [0.1, 0.15) is 67.3 Å². The Morgan fingerprint density at radius 3 is 1.71 bits per heavy atom. The smallest absolute Gasteiger partial charge is 0.135 e. The van der Waals surface area contributed by atoms with Crippen molar-refractivity contribution in [2.24, 2.45) is 0 Å². The third-order valence-electron chi connectivity index (χ3n) is 8.28. The second-order valence-electron chi connectivity index (χ2n) is 10.8. The van der Waals surface area contributed by atoms with Gasteiger partial charge in [0.25, 0.3) is 0 Å². The molecule has 1 aliphatic carbocycles. The van der Waals surface area contributed by atoms with Crippen molar-refractivity contribution in [2.45, 2.75) is 19.1 Å². The Hall–Kier alpha value is -5.92. The standard InChI is InChI=1S/C47H32O/c1-47(2)41-20-9-7-12-33(41)39-19-11-18-32(46(39)47)29-22-24-30(25-23-29)44-35-14-3-5-16-37(35)45(38-17-6-4-15-36(38)44)31-26-27-43-40(28-31)34-13-8-10-21-42(34)48-43/h3-28H,1-2H3/i1D3,2D3,3D,4D,5D,6D,7D,8D,9D,10D,11D,12D,13D,14D,15D,16D,17D,19D,20D,21D,22D,23D,24D,25D,26D,27D,28D. The Balaban J connectivity index is 1.44. The predicted molar refractivity (Wildman–Crippen MR) is 203 cm³/mol. The summed E-state index contributed by atoms with van der Waals surface area (Å²) in [5.74, 6) is 0. The molecule has 0 atom stereocenters. The fraction of sp³-hybridized carbons (Fsp3) is 0.0638. The van der Waals surface area contributed by atoms with E-state index in [2.05, 4.69) is 0 Å². The molecule has 0 saturated heterocycles. The van der Waals surface area contributed by atoms with Gasteiger partial charge in [0.15, 0.2) is 0 Å². The quantitative estimate of drug-likeness (QED) is 0.175. The van der Waals surface area contributed by atoms with Crippen LogP contribution in [0.4, 0.5) is 0 Å². The van der Waals surface area contributed by atoms with Crippen LogP contribution in [0.5, 0.6) is 0 Å². The molecule has 0 spiro atoms. The zero-order valence-corrected chi connectivity index (χ0v) is 24.0. The summed E-state index contributed by atoms with van der Waals surface area (Å²) in [4.78, 5) is 0. The molecule has 0 saturated carbocycles. The van der Waals surface area contributed by atoms with Crippen LogP contribution >= 0.6 is 0 Å². The Bertz CT molecular complexity index is 4270. The van der Waals surface area contributed by atoms with Crippen molar-refractivity contribution < 1.29 is 46.9 Å². The molecule has 1 aliphatic rings. The number of furan rings is 1. The molecule has 1 aromatic heterocycles. The minimum Gasteiger partial charge on any atom is -0.456 e. The first-order valence-electron chi connectivity index (χ1n) is 29.7. The summed E-state index contributed by atoms with van der Waals surface area (Å²) >= 11 is 0. The molecule has 1 nitrogen and oxygen atoms in total. The lowest BCUT2D eigenvalue weighted by atomic mass is 9.78. The highest BCUT2D eigenvalue weighted by Crippen LogP contribution is 2.52. The molecule has 8 aromatic carbocycles. The lowest BCUT2D eigenvalue weighted by Crippen LogP contribution is -2.16. The van der Waals surface area contributed by atoms with E-state index in [4.69, 9.17) is 33.2 Å². The minimum absolute atomic E-state index is 0.458. The van der Waals surface area contributed by atoms with E-state index in [0.29, 0.717) is 6.07 Å². The molecule has 1 heteroatoms. The second kappa shape index (κ2) is 10.0. The molecule has 226 valence electrons. The monoisotopic (exact) mass is 643 g/mol. The average molecular weight is 644 g/mol. The highest BCUT2D eigenvalue weighted by Gasteiger charge is 2.37. The first-order chi connectivity index (χ1) is 36.5. The number of para-hydroxylation sites is 1. The van der Waals surface area contributed by atoms with E-state index < -0.39 is 269 Å². The normalized spacial score (nSPS) is 23.0. The van der Waals surface area contributed by atoms with Crippen LogP contribution in [0.25, 0.3) is 88.0 Å². The Labute approximate surface area is 323 Å². The van der Waals surface area contributed by atoms with E-state index >= 15 is 0 Å². The zero-order chi connectivity index (χ0) is 58.7. The first kappa shape index (κ1) is 10.5. The van der Waals surface area contributed by atoms with Crippen LogP contribution < -0.4 is 0 Å². The SMILES string of the molecule is [2H]c1cc(-c2c([2H])c([2H])c(-c3c4c([2H])c([2H])c([2H])c([2H])c4c(-c4c([2H])c([2H])c5oc6c([2H])c([2H])c([2H])c([2H])c6c5c4[2H])c4c([2H])c([2H])c([2H])c([2H])c34)c([2H])c2[2H])c2c(c1[2H])-c1c([2H])c([2H])c([2H])c([2H])c1C2(C([2H])([2H])[2H])C([2H])([2H])[2H].